The van der Waals surface area contributed by atoms with Crippen LogP contribution in [-0.2, 0) is 23.2 Å². The van der Waals surface area contributed by atoms with Crippen LogP contribution in [0.2, 0.25) is 0 Å². The summed E-state index contributed by atoms with van der Waals surface area (Å²) in [5.74, 6) is -4.18. The fraction of sp³-hybridized carbons (Fsp3) is 0.375. The molecule has 0 radical (unpaired) electrons. The summed E-state index contributed by atoms with van der Waals surface area (Å²) < 4.78 is 67.2. The van der Waals surface area contributed by atoms with Gasteiger partial charge >= 0.3 is 24.3 Å². The Bertz CT molecular complexity index is 1460. The van der Waals surface area contributed by atoms with Crippen LogP contribution in [0.3, 0.4) is 0 Å². The molecule has 18 heteroatoms. The molecule has 0 bridgehead atoms. The summed E-state index contributed by atoms with van der Waals surface area (Å²) >= 11 is 0. The van der Waals surface area contributed by atoms with Crippen molar-refractivity contribution in [3.63, 3.8) is 0 Å². The molecule has 0 saturated carbocycles. The number of piperidine rings is 1. The highest BCUT2D eigenvalue weighted by Crippen LogP contribution is 2.28. The van der Waals surface area contributed by atoms with E-state index in [0.717, 1.165) is 55.2 Å². The van der Waals surface area contributed by atoms with Gasteiger partial charge in [0.15, 0.2) is 11.5 Å². The first kappa shape index (κ1) is 31.9. The average molecular weight is 602 g/mol. The molecule has 5 heterocycles. The maximum Gasteiger partial charge on any atom is 0.490 e. The van der Waals surface area contributed by atoms with E-state index in [-0.39, 0.29) is 0 Å². The molecule has 5 rings (SSSR count). The minimum absolute atomic E-state index is 0.372. The molecule has 2 N–H and O–H groups in total. The smallest absolute Gasteiger partial charge is 0.475 e. The Morgan fingerprint density at radius 1 is 0.952 bits per heavy atom. The molecule has 0 aromatic carbocycles. The third kappa shape index (κ3) is 8.95. The van der Waals surface area contributed by atoms with Crippen molar-refractivity contribution in [2.45, 2.75) is 37.7 Å². The number of alkyl halides is 6. The van der Waals surface area contributed by atoms with Crippen LogP contribution in [0.1, 0.15) is 30.1 Å². The SMILES string of the molecule is Cn1cc(-c2ccc3nnc(C4CCN(Cc5cccnc5)CC4)n3n2)cn1.O=C(O)C(F)(F)F.O=C(O)C(F)(F)F. The number of aromatic nitrogens is 7. The molecule has 0 unspecified atom stereocenters. The molecule has 4 aromatic rings. The predicted molar refractivity (Wildman–Crippen MR) is 132 cm³/mol. The van der Waals surface area contributed by atoms with Crippen molar-refractivity contribution < 1.29 is 46.1 Å². The van der Waals surface area contributed by atoms with Gasteiger partial charge in [0.1, 0.15) is 0 Å². The zero-order valence-corrected chi connectivity index (χ0v) is 21.8. The zero-order valence-electron chi connectivity index (χ0n) is 21.8. The highest BCUT2D eigenvalue weighted by molar-refractivity contribution is 5.73. The Kier molecular flexibility index (Phi) is 10.2. The quantitative estimate of drug-likeness (QED) is 0.332. The molecule has 42 heavy (non-hydrogen) atoms. The van der Waals surface area contributed by atoms with Crippen molar-refractivity contribution in [3.05, 3.63) is 60.4 Å². The number of pyridine rings is 1. The summed E-state index contributed by atoms with van der Waals surface area (Å²) in [5, 5.41) is 32.1. The minimum atomic E-state index is -5.08. The monoisotopic (exact) mass is 602 g/mol. The van der Waals surface area contributed by atoms with E-state index in [0.29, 0.717) is 5.92 Å². The van der Waals surface area contributed by atoms with Crippen molar-refractivity contribution in [3.8, 4) is 11.3 Å². The van der Waals surface area contributed by atoms with Crippen LogP contribution in [0.5, 0.6) is 0 Å². The van der Waals surface area contributed by atoms with Gasteiger partial charge in [-0.2, -0.15) is 41.1 Å². The highest BCUT2D eigenvalue weighted by atomic mass is 19.4. The van der Waals surface area contributed by atoms with Gasteiger partial charge in [-0.15, -0.1) is 10.2 Å². The lowest BCUT2D eigenvalue weighted by Gasteiger charge is -2.30. The number of carboxylic acids is 2. The van der Waals surface area contributed by atoms with Gasteiger partial charge in [-0.3, -0.25) is 14.6 Å². The molecule has 0 spiro atoms. The lowest BCUT2D eigenvalue weighted by atomic mass is 9.96. The van der Waals surface area contributed by atoms with Crippen LogP contribution in [0.15, 0.2) is 49.1 Å². The molecule has 226 valence electrons. The van der Waals surface area contributed by atoms with E-state index in [2.05, 4.69) is 31.2 Å². The Morgan fingerprint density at radius 3 is 2.07 bits per heavy atom. The van der Waals surface area contributed by atoms with E-state index < -0.39 is 24.3 Å². The van der Waals surface area contributed by atoms with Crippen LogP contribution in [0.25, 0.3) is 16.9 Å². The van der Waals surface area contributed by atoms with Crippen LogP contribution >= 0.6 is 0 Å². The van der Waals surface area contributed by atoms with Crippen LogP contribution in [0, 0.1) is 0 Å². The first-order chi connectivity index (χ1) is 19.6. The van der Waals surface area contributed by atoms with E-state index in [1.807, 2.05) is 54.5 Å². The lowest BCUT2D eigenvalue weighted by Crippen LogP contribution is -2.33. The number of carbonyl (C=O) groups is 2. The van der Waals surface area contributed by atoms with E-state index in [1.165, 1.54) is 5.56 Å². The predicted octanol–water partition coefficient (Wildman–Crippen LogP) is 3.57. The topological polar surface area (TPSA) is 152 Å². The Morgan fingerprint density at radius 2 is 1.57 bits per heavy atom. The Labute approximate surface area is 233 Å². The largest absolute Gasteiger partial charge is 0.490 e. The first-order valence-corrected chi connectivity index (χ1v) is 12.1. The Hall–Kier alpha value is -4.61. The summed E-state index contributed by atoms with van der Waals surface area (Å²) in [4.78, 5) is 24.5. The number of carboxylic acid groups (broad SMARTS) is 2. The van der Waals surface area contributed by atoms with Gasteiger partial charge in [0, 0.05) is 43.7 Å². The number of rotatable bonds is 4. The molecule has 0 amide bonds. The number of hydrogen-bond acceptors (Lipinski definition) is 8. The maximum absolute atomic E-state index is 10.6. The van der Waals surface area contributed by atoms with Gasteiger partial charge in [-0.25, -0.2) is 9.59 Å². The molecule has 0 atom stereocenters. The molecule has 1 fully saturated rings. The molecule has 1 aliphatic heterocycles. The second-order valence-corrected chi connectivity index (χ2v) is 8.97. The zero-order chi connectivity index (χ0) is 31.1. The molecule has 1 saturated heterocycles. The molecule has 0 aliphatic carbocycles. The lowest BCUT2D eigenvalue weighted by molar-refractivity contribution is -0.193. The van der Waals surface area contributed by atoms with Crippen molar-refractivity contribution >= 4 is 17.6 Å². The summed E-state index contributed by atoms with van der Waals surface area (Å²) in [6.45, 7) is 3.03. The number of aryl methyl sites for hydroxylation is 1. The van der Waals surface area contributed by atoms with E-state index >= 15 is 0 Å². The van der Waals surface area contributed by atoms with Gasteiger partial charge in [-0.05, 0) is 49.7 Å². The van der Waals surface area contributed by atoms with Crippen LogP contribution < -0.4 is 0 Å². The fourth-order valence-corrected chi connectivity index (χ4v) is 3.87. The third-order valence-corrected chi connectivity index (χ3v) is 5.85. The van der Waals surface area contributed by atoms with E-state index in [4.69, 9.17) is 24.9 Å². The summed E-state index contributed by atoms with van der Waals surface area (Å²) in [6.07, 6.45) is -0.495. The number of halogens is 6. The van der Waals surface area contributed by atoms with E-state index in [9.17, 15) is 26.3 Å². The maximum atomic E-state index is 10.6. The molecule has 12 nitrogen and oxygen atoms in total. The minimum Gasteiger partial charge on any atom is -0.475 e. The summed E-state index contributed by atoms with van der Waals surface area (Å²) in [7, 11) is 1.91. The van der Waals surface area contributed by atoms with Crippen molar-refractivity contribution in [1.82, 2.24) is 39.5 Å². The second-order valence-electron chi connectivity index (χ2n) is 8.97. The molecule has 4 aromatic heterocycles. The van der Waals surface area contributed by atoms with Crippen LogP contribution in [-0.4, -0.2) is 87.1 Å². The van der Waals surface area contributed by atoms with Gasteiger partial charge < -0.3 is 10.2 Å². The molecular formula is C24H24F6N8O4. The van der Waals surface area contributed by atoms with E-state index in [1.54, 1.807) is 4.68 Å². The summed E-state index contributed by atoms with van der Waals surface area (Å²) in [6, 6.07) is 8.08. The van der Waals surface area contributed by atoms with Gasteiger partial charge in [-0.1, -0.05) is 6.07 Å². The number of fused-ring (bicyclic) bond motifs is 1. The van der Waals surface area contributed by atoms with Gasteiger partial charge in [0.05, 0.1) is 11.9 Å². The highest BCUT2D eigenvalue weighted by Gasteiger charge is 2.38. The third-order valence-electron chi connectivity index (χ3n) is 5.85. The van der Waals surface area contributed by atoms with Gasteiger partial charge in [0.2, 0.25) is 0 Å². The number of likely N-dealkylation sites (tertiary alicyclic amines) is 1. The Balaban J connectivity index is 0.000000289. The number of aliphatic carboxylic acids is 2. The normalized spacial score (nSPS) is 14.5. The van der Waals surface area contributed by atoms with Gasteiger partial charge in [0.25, 0.3) is 0 Å². The molecule has 1 aliphatic rings. The fourth-order valence-electron chi connectivity index (χ4n) is 3.87. The average Bonchev–Trinajstić information content (AvgIpc) is 3.55. The van der Waals surface area contributed by atoms with Crippen molar-refractivity contribution in [2.24, 2.45) is 7.05 Å². The number of hydrogen-bond donors (Lipinski definition) is 2. The molecular weight excluding hydrogens is 578 g/mol. The van der Waals surface area contributed by atoms with Crippen molar-refractivity contribution in [2.75, 3.05) is 13.1 Å². The number of nitrogens with zero attached hydrogens (tertiary/aromatic N) is 8. The van der Waals surface area contributed by atoms with Crippen molar-refractivity contribution in [1.29, 1.82) is 0 Å². The summed E-state index contributed by atoms with van der Waals surface area (Å²) in [5.41, 5.74) is 3.93. The second kappa shape index (κ2) is 13.4. The first-order valence-electron chi connectivity index (χ1n) is 12.1. The van der Waals surface area contributed by atoms with Crippen LogP contribution in [0.4, 0.5) is 26.3 Å². The standard InChI is InChI=1S/C20H22N8.2C2HF3O2/c1-26-14-17(12-22-26)18-4-5-19-23-24-20(28(19)25-18)16-6-9-27(10-7-16)13-15-3-2-8-21-11-15;2*3-2(4,5)1(6)7/h2-5,8,11-12,14,16H,6-7,9-10,13H2,1H3;2*(H,6,7).